The largest absolute Gasteiger partial charge is 0.497 e. The van der Waals surface area contributed by atoms with Gasteiger partial charge in [0, 0.05) is 12.3 Å². The highest BCUT2D eigenvalue weighted by Gasteiger charge is 2.56. The number of hydrogen-bond acceptors (Lipinski definition) is 10. The van der Waals surface area contributed by atoms with Gasteiger partial charge in [0.15, 0.2) is 11.9 Å². The zero-order chi connectivity index (χ0) is 32.2. The van der Waals surface area contributed by atoms with Gasteiger partial charge < -0.3 is 23.8 Å². The van der Waals surface area contributed by atoms with Crippen molar-refractivity contribution in [2.75, 3.05) is 13.7 Å². The predicted molar refractivity (Wildman–Crippen MR) is 157 cm³/mol. The van der Waals surface area contributed by atoms with E-state index in [1.807, 2.05) is 29.2 Å². The first-order valence-electron chi connectivity index (χ1n) is 13.7. The number of esters is 1. The number of nitrogens with zero attached hydrogens (tertiary/aromatic N) is 1. The Kier molecular flexibility index (Phi) is 10.1. The number of aromatic nitrogens is 2. The number of ether oxygens (including phenoxy) is 3. The van der Waals surface area contributed by atoms with Gasteiger partial charge in [-0.05, 0) is 63.1 Å². The second-order valence-corrected chi connectivity index (χ2v) is 12.3. The third-order valence-electron chi connectivity index (χ3n) is 6.79. The van der Waals surface area contributed by atoms with Gasteiger partial charge in [0.2, 0.25) is 0 Å². The van der Waals surface area contributed by atoms with E-state index in [2.05, 4.69) is 5.09 Å². The summed E-state index contributed by atoms with van der Waals surface area (Å²) >= 11 is 0. The highest BCUT2D eigenvalue weighted by Crippen LogP contribution is 2.47. The molecule has 15 heteroatoms. The van der Waals surface area contributed by atoms with Crippen LogP contribution in [0.15, 0.2) is 70.4 Å². The average molecular weight is 636 g/mol. The number of alkyl halides is 1. The molecule has 3 N–H and O–H groups in total. The van der Waals surface area contributed by atoms with Crippen LogP contribution < -0.4 is 25.6 Å². The van der Waals surface area contributed by atoms with E-state index in [-0.39, 0.29) is 5.75 Å². The molecule has 1 aliphatic heterocycles. The van der Waals surface area contributed by atoms with Gasteiger partial charge in [-0.15, -0.1) is 0 Å². The fraction of sp³-hybridized carbons (Fsp3) is 0.414. The molecule has 0 bridgehead atoms. The van der Waals surface area contributed by atoms with E-state index in [0.29, 0.717) is 5.75 Å². The lowest BCUT2D eigenvalue weighted by Gasteiger charge is -2.25. The van der Waals surface area contributed by atoms with Crippen molar-refractivity contribution in [2.45, 2.75) is 63.9 Å². The summed E-state index contributed by atoms with van der Waals surface area (Å²) in [5.74, 6) is 0.0844. The van der Waals surface area contributed by atoms with E-state index in [4.69, 9.17) is 23.3 Å². The molecule has 1 aromatic heterocycles. The summed E-state index contributed by atoms with van der Waals surface area (Å²) in [7, 11) is -2.85. The predicted octanol–water partition coefficient (Wildman–Crippen LogP) is 3.33. The second-order valence-electron chi connectivity index (χ2n) is 10.6. The fourth-order valence-electron chi connectivity index (χ4n) is 4.48. The van der Waals surface area contributed by atoms with E-state index in [9.17, 15) is 24.1 Å². The Labute approximate surface area is 252 Å². The standard InChI is InChI=1S/C29H35FN3O10P/c1-17(2)41-26(36)18(3)32-44(38,43-22-12-8-20(9-13-22)19-6-10-21(39-5)11-7-19)40-16-23-25(35)29(4,30)27(42-23)33-15-14-24(34)31-28(33)37/h6-15,17-18,23,25,27,35H,16H2,1-5H3,(H,32,38)(H,31,34,37)/t18-,23+,25+,27+,29+,44?/m0/s1. The maximum Gasteiger partial charge on any atom is 0.459 e. The summed E-state index contributed by atoms with van der Waals surface area (Å²) in [4.78, 5) is 38.2. The number of aliphatic hydroxyl groups is 1. The Morgan fingerprint density at radius 1 is 1.09 bits per heavy atom. The molecular formula is C29H35FN3O10P. The monoisotopic (exact) mass is 635 g/mol. The molecule has 1 saturated heterocycles. The maximum atomic E-state index is 15.6. The van der Waals surface area contributed by atoms with Crippen molar-refractivity contribution in [2.24, 2.45) is 0 Å². The molecule has 0 spiro atoms. The molecule has 4 rings (SSSR count). The van der Waals surface area contributed by atoms with Gasteiger partial charge in [-0.25, -0.2) is 13.8 Å². The molecule has 1 fully saturated rings. The zero-order valence-electron chi connectivity index (χ0n) is 24.8. The van der Waals surface area contributed by atoms with Crippen LogP contribution in [0.3, 0.4) is 0 Å². The van der Waals surface area contributed by atoms with Crippen LogP contribution >= 0.6 is 7.75 Å². The molecule has 238 valence electrons. The van der Waals surface area contributed by atoms with Crippen LogP contribution in [0.2, 0.25) is 0 Å². The summed E-state index contributed by atoms with van der Waals surface area (Å²) < 4.78 is 57.7. The molecule has 0 saturated carbocycles. The molecule has 44 heavy (non-hydrogen) atoms. The van der Waals surface area contributed by atoms with Crippen LogP contribution in [-0.4, -0.2) is 64.4 Å². The van der Waals surface area contributed by atoms with Crippen LogP contribution in [0, 0.1) is 0 Å². The van der Waals surface area contributed by atoms with Crippen molar-refractivity contribution in [3.05, 3.63) is 81.6 Å². The van der Waals surface area contributed by atoms with E-state index in [0.717, 1.165) is 34.9 Å². The number of halogens is 1. The van der Waals surface area contributed by atoms with Crippen LogP contribution in [0.25, 0.3) is 11.1 Å². The normalized spacial score (nSPS) is 23.6. The summed E-state index contributed by atoms with van der Waals surface area (Å²) in [6.07, 6.45) is -4.33. The molecule has 0 aliphatic carbocycles. The number of nitrogens with one attached hydrogen (secondary N) is 2. The number of aliphatic hydroxyl groups excluding tert-OH is 1. The Morgan fingerprint density at radius 2 is 1.68 bits per heavy atom. The lowest BCUT2D eigenvalue weighted by atomic mass is 9.98. The Balaban J connectivity index is 1.54. The Morgan fingerprint density at radius 3 is 2.23 bits per heavy atom. The van der Waals surface area contributed by atoms with Crippen molar-refractivity contribution >= 4 is 13.7 Å². The highest BCUT2D eigenvalue weighted by atomic mass is 31.2. The first-order chi connectivity index (χ1) is 20.7. The summed E-state index contributed by atoms with van der Waals surface area (Å²) in [6, 6.07) is 13.7. The minimum atomic E-state index is -4.42. The smallest absolute Gasteiger partial charge is 0.459 e. The molecule has 6 atom stereocenters. The van der Waals surface area contributed by atoms with Crippen LogP contribution in [0.5, 0.6) is 11.5 Å². The van der Waals surface area contributed by atoms with Gasteiger partial charge in [0.05, 0.1) is 19.8 Å². The quantitative estimate of drug-likeness (QED) is 0.197. The third kappa shape index (κ3) is 7.63. The SMILES string of the molecule is COc1ccc(-c2ccc(OP(=O)(N[C@@H](C)C(=O)OC(C)C)OC[C@H]3O[C@@H](n4ccc(=O)[nH]c4=O)[C@](C)(F)[C@@H]3O)cc2)cc1. The average Bonchev–Trinajstić information content (AvgIpc) is 3.19. The van der Waals surface area contributed by atoms with Gasteiger partial charge in [-0.1, -0.05) is 24.3 Å². The van der Waals surface area contributed by atoms with E-state index in [1.165, 1.54) is 6.92 Å². The topological polar surface area (TPSA) is 167 Å². The number of H-pyrrole nitrogens is 1. The van der Waals surface area contributed by atoms with Gasteiger partial charge in [0.1, 0.15) is 29.7 Å². The van der Waals surface area contributed by atoms with Crippen molar-refractivity contribution in [3.63, 3.8) is 0 Å². The van der Waals surface area contributed by atoms with Crippen molar-refractivity contribution in [1.82, 2.24) is 14.6 Å². The maximum absolute atomic E-state index is 15.6. The number of benzene rings is 2. The second kappa shape index (κ2) is 13.4. The Bertz CT molecular complexity index is 1610. The van der Waals surface area contributed by atoms with Crippen LogP contribution in [-0.2, 0) is 23.4 Å². The van der Waals surface area contributed by atoms with Crippen molar-refractivity contribution in [1.29, 1.82) is 0 Å². The highest BCUT2D eigenvalue weighted by molar-refractivity contribution is 7.52. The molecule has 0 amide bonds. The number of carbonyl (C=O) groups is 1. The molecule has 2 aromatic carbocycles. The minimum Gasteiger partial charge on any atom is -0.497 e. The lowest BCUT2D eigenvalue weighted by molar-refractivity contribution is -0.149. The fourth-order valence-corrected chi connectivity index (χ4v) is 5.98. The molecule has 13 nitrogen and oxygen atoms in total. The van der Waals surface area contributed by atoms with Crippen LogP contribution in [0.1, 0.15) is 33.9 Å². The Hall–Kier alpha value is -3.81. The molecular weight excluding hydrogens is 600 g/mol. The first kappa shape index (κ1) is 33.1. The molecule has 1 aliphatic rings. The zero-order valence-corrected chi connectivity index (χ0v) is 25.7. The van der Waals surface area contributed by atoms with Gasteiger partial charge in [-0.2, -0.15) is 5.09 Å². The first-order valence-corrected chi connectivity index (χ1v) is 15.3. The van der Waals surface area contributed by atoms with Crippen LogP contribution in [0.4, 0.5) is 4.39 Å². The van der Waals surface area contributed by atoms with E-state index >= 15 is 4.39 Å². The van der Waals surface area contributed by atoms with Crippen molar-refractivity contribution in [3.8, 4) is 22.6 Å². The minimum absolute atomic E-state index is 0.114. The van der Waals surface area contributed by atoms with Gasteiger partial charge >= 0.3 is 19.4 Å². The van der Waals surface area contributed by atoms with Gasteiger partial charge in [0.25, 0.3) is 5.56 Å². The summed E-state index contributed by atoms with van der Waals surface area (Å²) in [5.41, 5.74) is -2.45. The third-order valence-corrected chi connectivity index (χ3v) is 8.43. The van der Waals surface area contributed by atoms with Gasteiger partial charge in [-0.3, -0.25) is 23.7 Å². The molecule has 1 unspecified atom stereocenters. The van der Waals surface area contributed by atoms with E-state index in [1.54, 1.807) is 45.2 Å². The number of carbonyl (C=O) groups excluding carboxylic acids is 1. The molecule has 2 heterocycles. The molecule has 0 radical (unpaired) electrons. The summed E-state index contributed by atoms with van der Waals surface area (Å²) in [5, 5.41) is 13.2. The summed E-state index contributed by atoms with van der Waals surface area (Å²) in [6.45, 7) is 5.05. The number of hydrogen-bond donors (Lipinski definition) is 3. The van der Waals surface area contributed by atoms with E-state index < -0.39 is 67.8 Å². The number of methoxy groups -OCH3 is 1. The molecule has 3 aromatic rings. The lowest BCUT2D eigenvalue weighted by Crippen LogP contribution is -2.43. The van der Waals surface area contributed by atoms with Crippen molar-refractivity contribution < 1.29 is 42.1 Å². The number of rotatable bonds is 12. The number of aromatic amines is 1.